The fraction of sp³-hybridized carbons (Fsp3) is 0.905. The summed E-state index contributed by atoms with van der Waals surface area (Å²) in [6.07, 6.45) is 46.1. The van der Waals surface area contributed by atoms with Gasteiger partial charge in [-0.25, -0.2) is 4.79 Å². The second-order valence-electron chi connectivity index (χ2n) is 22.1. The second-order valence-corrected chi connectivity index (χ2v) is 22.1. The quantitative estimate of drug-likeness (QED) is 0.0228. The molecule has 12 heteroatoms. The first-order valence-electron chi connectivity index (χ1n) is 31.7. The van der Waals surface area contributed by atoms with Crippen molar-refractivity contribution in [3.05, 3.63) is 12.2 Å². The Balaban J connectivity index is 2.63. The molecule has 0 spiro atoms. The Morgan fingerprint density at radius 3 is 1.13 bits per heavy atom. The summed E-state index contributed by atoms with van der Waals surface area (Å²) in [7, 11) is 0. The summed E-state index contributed by atoms with van der Waals surface area (Å²) in [5.74, 6) is -3.08. The number of hydrogen-bond donors (Lipinski definition) is 3. The Labute approximate surface area is 458 Å². The van der Waals surface area contributed by atoms with E-state index in [0.717, 1.165) is 64.2 Å². The molecular weight excluding hydrogens is 949 g/mol. The van der Waals surface area contributed by atoms with Gasteiger partial charge in [0, 0.05) is 19.3 Å². The molecule has 1 heterocycles. The van der Waals surface area contributed by atoms with E-state index in [4.69, 9.17) is 23.7 Å². The number of hydrogen-bond acceptors (Lipinski definition) is 11. The van der Waals surface area contributed by atoms with Crippen molar-refractivity contribution in [3.63, 3.8) is 0 Å². The molecule has 12 nitrogen and oxygen atoms in total. The van der Waals surface area contributed by atoms with Crippen LogP contribution in [0, 0.1) is 0 Å². The molecule has 0 aliphatic carbocycles. The fourth-order valence-electron chi connectivity index (χ4n) is 9.95. The number of carboxylic acid groups (broad SMARTS) is 1. The molecule has 3 N–H and O–H groups in total. The molecule has 1 fully saturated rings. The van der Waals surface area contributed by atoms with Crippen LogP contribution < -0.4 is 0 Å². The van der Waals surface area contributed by atoms with Crippen molar-refractivity contribution in [2.45, 2.75) is 353 Å². The van der Waals surface area contributed by atoms with E-state index in [1.165, 1.54) is 193 Å². The third-order valence-corrected chi connectivity index (χ3v) is 14.8. The number of ether oxygens (including phenoxy) is 5. The van der Waals surface area contributed by atoms with Crippen molar-refractivity contribution < 1.29 is 58.2 Å². The SMILES string of the molecule is CCCCCCCC/C=C\CCCCCCCCCCCC(=O)OCC(COC1OC(C(=O)O)C(O)C(O)C1OC(=O)CCCCCCCCCCCCC)OC(=O)CCCCCCCCCCCCCCCCC. The number of unbranched alkanes of at least 4 members (excludes halogenated alkanes) is 39. The first-order valence-corrected chi connectivity index (χ1v) is 31.7. The van der Waals surface area contributed by atoms with Gasteiger partial charge in [-0.1, -0.05) is 264 Å². The van der Waals surface area contributed by atoms with Gasteiger partial charge in [-0.2, -0.15) is 0 Å². The Morgan fingerprint density at radius 2 is 0.760 bits per heavy atom. The van der Waals surface area contributed by atoms with Gasteiger partial charge in [-0.05, 0) is 44.9 Å². The van der Waals surface area contributed by atoms with Crippen LogP contribution in [0.2, 0.25) is 0 Å². The van der Waals surface area contributed by atoms with Crippen LogP contribution in [0.5, 0.6) is 0 Å². The van der Waals surface area contributed by atoms with Gasteiger partial charge in [0.05, 0.1) is 6.61 Å². The van der Waals surface area contributed by atoms with Crippen LogP contribution in [0.4, 0.5) is 0 Å². The molecule has 0 bridgehead atoms. The lowest BCUT2D eigenvalue weighted by Gasteiger charge is -2.40. The highest BCUT2D eigenvalue weighted by atomic mass is 16.7. The molecule has 6 atom stereocenters. The monoisotopic (exact) mass is 1060 g/mol. The third-order valence-electron chi connectivity index (χ3n) is 14.8. The van der Waals surface area contributed by atoms with E-state index in [1.807, 2.05) is 0 Å². The van der Waals surface area contributed by atoms with Crippen molar-refractivity contribution >= 4 is 23.9 Å². The predicted octanol–water partition coefficient (Wildman–Crippen LogP) is 16.5. The molecule has 0 saturated carbocycles. The largest absolute Gasteiger partial charge is 0.479 e. The van der Waals surface area contributed by atoms with Crippen LogP contribution in [0.15, 0.2) is 12.2 Å². The van der Waals surface area contributed by atoms with E-state index >= 15 is 0 Å². The van der Waals surface area contributed by atoms with E-state index in [1.54, 1.807) is 0 Å². The Morgan fingerprint density at radius 1 is 0.427 bits per heavy atom. The minimum absolute atomic E-state index is 0.0680. The standard InChI is InChI=1S/C63H116O12/c1-4-7-10-13-16-19-22-24-26-27-28-29-31-32-35-37-40-43-46-49-55(64)71-52-54(73-56(65)50-47-44-41-39-36-33-30-25-23-20-17-14-11-8-5-2)53-72-63-61(59(68)58(67)60(75-63)62(69)70)74-57(66)51-48-45-42-38-34-21-18-15-12-9-6-3/h24,26,54,58-61,63,67-68H,4-23,25,27-53H2,1-3H3,(H,69,70)/b26-24-. The summed E-state index contributed by atoms with van der Waals surface area (Å²) >= 11 is 0. The number of carbonyl (C=O) groups is 4. The van der Waals surface area contributed by atoms with Crippen LogP contribution in [-0.4, -0.2) is 89.2 Å². The van der Waals surface area contributed by atoms with Crippen LogP contribution in [-0.2, 0) is 42.9 Å². The zero-order valence-corrected chi connectivity index (χ0v) is 48.6. The molecule has 6 unspecified atom stereocenters. The van der Waals surface area contributed by atoms with Crippen molar-refractivity contribution in [1.29, 1.82) is 0 Å². The zero-order valence-electron chi connectivity index (χ0n) is 48.6. The number of carbonyl (C=O) groups excluding carboxylic acids is 3. The summed E-state index contributed by atoms with van der Waals surface area (Å²) in [4.78, 5) is 51.2. The lowest BCUT2D eigenvalue weighted by molar-refractivity contribution is -0.301. The molecule has 1 rings (SSSR count). The molecular formula is C63H116O12. The summed E-state index contributed by atoms with van der Waals surface area (Å²) in [5, 5.41) is 31.5. The number of rotatable bonds is 55. The molecule has 1 saturated heterocycles. The Bertz CT molecular complexity index is 1360. The number of esters is 3. The topological polar surface area (TPSA) is 175 Å². The average molecular weight is 1070 g/mol. The number of aliphatic hydroxyl groups is 2. The molecule has 0 aromatic carbocycles. The van der Waals surface area contributed by atoms with E-state index in [0.29, 0.717) is 19.3 Å². The molecule has 0 amide bonds. The maximum Gasteiger partial charge on any atom is 0.335 e. The van der Waals surface area contributed by atoms with E-state index < -0.39 is 67.3 Å². The van der Waals surface area contributed by atoms with Gasteiger partial charge in [0.1, 0.15) is 18.8 Å². The molecule has 1 aliphatic rings. The smallest absolute Gasteiger partial charge is 0.335 e. The van der Waals surface area contributed by atoms with Gasteiger partial charge < -0.3 is 39.0 Å². The van der Waals surface area contributed by atoms with Crippen LogP contribution in [0.3, 0.4) is 0 Å². The highest BCUT2D eigenvalue weighted by Gasteiger charge is 2.50. The van der Waals surface area contributed by atoms with Gasteiger partial charge in [0.2, 0.25) is 0 Å². The maximum atomic E-state index is 13.2. The Kier molecular flexibility index (Phi) is 49.0. The minimum atomic E-state index is -1.89. The highest BCUT2D eigenvalue weighted by molar-refractivity contribution is 5.74. The molecule has 0 aromatic rings. The third kappa shape index (κ3) is 42.1. The number of aliphatic hydroxyl groups excluding tert-OH is 2. The lowest BCUT2D eigenvalue weighted by atomic mass is 9.98. The Hall–Kier alpha value is -2.54. The zero-order chi connectivity index (χ0) is 54.7. The lowest BCUT2D eigenvalue weighted by Crippen LogP contribution is -2.61. The molecule has 1 aliphatic heterocycles. The van der Waals surface area contributed by atoms with Crippen LogP contribution >= 0.6 is 0 Å². The highest BCUT2D eigenvalue weighted by Crippen LogP contribution is 2.27. The van der Waals surface area contributed by atoms with Gasteiger partial charge in [0.25, 0.3) is 0 Å². The van der Waals surface area contributed by atoms with Gasteiger partial charge >= 0.3 is 23.9 Å². The maximum absolute atomic E-state index is 13.2. The second kappa shape index (κ2) is 52.2. The van der Waals surface area contributed by atoms with E-state index in [-0.39, 0.29) is 25.9 Å². The van der Waals surface area contributed by atoms with Crippen LogP contribution in [0.25, 0.3) is 0 Å². The average Bonchev–Trinajstić information content (AvgIpc) is 3.39. The van der Waals surface area contributed by atoms with Crippen LogP contribution in [0.1, 0.15) is 316 Å². The molecule has 75 heavy (non-hydrogen) atoms. The van der Waals surface area contributed by atoms with Gasteiger partial charge in [-0.3, -0.25) is 14.4 Å². The summed E-state index contributed by atoms with van der Waals surface area (Å²) in [6.45, 7) is 6.02. The molecule has 0 radical (unpaired) electrons. The number of aliphatic carboxylic acids is 1. The summed E-state index contributed by atoms with van der Waals surface area (Å²) < 4.78 is 28.5. The van der Waals surface area contributed by atoms with Gasteiger partial charge in [-0.15, -0.1) is 0 Å². The normalized spacial score (nSPS) is 18.1. The predicted molar refractivity (Wildman–Crippen MR) is 304 cm³/mol. The number of carboxylic acids is 1. The van der Waals surface area contributed by atoms with Crippen molar-refractivity contribution in [2.75, 3.05) is 13.2 Å². The number of allylic oxidation sites excluding steroid dienone is 2. The minimum Gasteiger partial charge on any atom is -0.479 e. The first kappa shape index (κ1) is 70.5. The summed E-state index contributed by atoms with van der Waals surface area (Å²) in [6, 6.07) is 0. The van der Waals surface area contributed by atoms with Crippen molar-refractivity contribution in [3.8, 4) is 0 Å². The first-order chi connectivity index (χ1) is 36.6. The van der Waals surface area contributed by atoms with Gasteiger partial charge in [0.15, 0.2) is 24.6 Å². The fourth-order valence-corrected chi connectivity index (χ4v) is 9.95. The molecule has 0 aromatic heterocycles. The summed E-state index contributed by atoms with van der Waals surface area (Å²) in [5.41, 5.74) is 0. The van der Waals surface area contributed by atoms with E-state index in [9.17, 15) is 34.5 Å². The van der Waals surface area contributed by atoms with Crippen molar-refractivity contribution in [1.82, 2.24) is 0 Å². The van der Waals surface area contributed by atoms with Crippen molar-refractivity contribution in [2.24, 2.45) is 0 Å². The molecule has 440 valence electrons. The van der Waals surface area contributed by atoms with E-state index in [2.05, 4.69) is 32.9 Å².